The molecule has 1 aliphatic heterocycles. The van der Waals surface area contributed by atoms with Crippen molar-refractivity contribution in [2.24, 2.45) is 0 Å². The SMILES string of the molecule is CCOC(=O)[C@H]1CO1.CCOC[C@@H](O)C(=O)OCC.CCOC[C@@H](OC(=O)Nc1c2c(cc3c1CCC3)CCC2)C(=O)OCC. The highest BCUT2D eigenvalue weighted by molar-refractivity contribution is 5.90. The Labute approximate surface area is 265 Å². The van der Waals surface area contributed by atoms with Gasteiger partial charge in [0.1, 0.15) is 0 Å². The van der Waals surface area contributed by atoms with E-state index < -0.39 is 30.2 Å². The number of ether oxygens (including phenoxy) is 7. The zero-order chi connectivity index (χ0) is 33.2. The van der Waals surface area contributed by atoms with Crippen LogP contribution in [0.25, 0.3) is 0 Å². The molecule has 3 atom stereocenters. The number of carbonyl (C=O) groups is 4. The van der Waals surface area contributed by atoms with Gasteiger partial charge in [-0.15, -0.1) is 0 Å². The number of anilines is 1. The highest BCUT2D eigenvalue weighted by Crippen LogP contribution is 2.38. The standard InChI is InChI=1S/C20H27NO5.C7H14O4.C5H8O3/c1-3-24-12-17(19(22)25-4-2)26-20(23)21-18-15-9-5-7-13(15)11-14-8-6-10-16(14)18;1-3-10-5-6(8)7(9)11-4-2;1-2-7-5(6)4-3-8-4/h11,17H,3-10,12H2,1-2H3,(H,21,23);6,8H,3-5H2,1-2H3;4H,2-3H2,1H3/t17-;6-;4-/m111/s1. The molecular weight excluding hydrogens is 590 g/mol. The molecule has 2 N–H and O–H groups in total. The van der Waals surface area contributed by atoms with Crippen LogP contribution in [0.4, 0.5) is 10.5 Å². The van der Waals surface area contributed by atoms with Gasteiger partial charge in [-0.25, -0.2) is 19.2 Å². The molecule has 0 spiro atoms. The molecule has 1 aromatic carbocycles. The monoisotopic (exact) mass is 639 g/mol. The molecule has 0 bridgehead atoms. The molecule has 0 aromatic heterocycles. The Balaban J connectivity index is 0.000000304. The molecule has 13 heteroatoms. The highest BCUT2D eigenvalue weighted by atomic mass is 16.6. The Morgan fingerprint density at radius 1 is 0.800 bits per heavy atom. The number of aryl methyl sites for hydroxylation is 2. The Kier molecular flexibility index (Phi) is 17.5. The van der Waals surface area contributed by atoms with Gasteiger partial charge in [0.2, 0.25) is 6.10 Å². The molecule has 1 fully saturated rings. The maximum Gasteiger partial charge on any atom is 0.412 e. The van der Waals surface area contributed by atoms with E-state index in [0.29, 0.717) is 26.4 Å². The van der Waals surface area contributed by atoms with Crippen molar-refractivity contribution in [3.05, 3.63) is 28.3 Å². The minimum atomic E-state index is -1.14. The summed E-state index contributed by atoms with van der Waals surface area (Å²) in [6.07, 6.45) is 3.21. The topological polar surface area (TPSA) is 168 Å². The number of nitrogens with one attached hydrogen (secondary N) is 1. The molecule has 254 valence electrons. The fourth-order valence-electron chi connectivity index (χ4n) is 4.79. The van der Waals surface area contributed by atoms with E-state index in [-0.39, 0.29) is 38.5 Å². The third-order valence-electron chi connectivity index (χ3n) is 6.89. The van der Waals surface area contributed by atoms with Crippen LogP contribution in [-0.4, -0.2) is 100 Å². The lowest BCUT2D eigenvalue weighted by Crippen LogP contribution is -2.35. The lowest BCUT2D eigenvalue weighted by Gasteiger charge is -2.19. The quantitative estimate of drug-likeness (QED) is 0.174. The first-order valence-corrected chi connectivity index (χ1v) is 15.8. The van der Waals surface area contributed by atoms with E-state index in [9.17, 15) is 19.2 Å². The van der Waals surface area contributed by atoms with Crippen molar-refractivity contribution >= 4 is 29.7 Å². The molecule has 0 unspecified atom stereocenters. The zero-order valence-electron chi connectivity index (χ0n) is 27.1. The van der Waals surface area contributed by atoms with E-state index in [0.717, 1.165) is 44.2 Å². The summed E-state index contributed by atoms with van der Waals surface area (Å²) < 4.78 is 34.2. The first-order chi connectivity index (χ1) is 21.7. The number of hydrogen-bond donors (Lipinski definition) is 2. The van der Waals surface area contributed by atoms with Gasteiger partial charge in [0.05, 0.1) is 45.3 Å². The van der Waals surface area contributed by atoms with Gasteiger partial charge in [-0.3, -0.25) is 5.32 Å². The lowest BCUT2D eigenvalue weighted by molar-refractivity contribution is -0.156. The molecule has 45 heavy (non-hydrogen) atoms. The number of amides is 1. The molecule has 1 aromatic rings. The van der Waals surface area contributed by atoms with Crippen LogP contribution < -0.4 is 5.32 Å². The third kappa shape index (κ3) is 12.9. The van der Waals surface area contributed by atoms with Gasteiger partial charge in [0, 0.05) is 13.2 Å². The van der Waals surface area contributed by atoms with Crippen LogP contribution in [0.2, 0.25) is 0 Å². The van der Waals surface area contributed by atoms with Crippen molar-refractivity contribution in [3.63, 3.8) is 0 Å². The fourth-order valence-corrected chi connectivity index (χ4v) is 4.79. The third-order valence-corrected chi connectivity index (χ3v) is 6.89. The van der Waals surface area contributed by atoms with E-state index in [1.54, 1.807) is 27.7 Å². The van der Waals surface area contributed by atoms with E-state index in [1.807, 2.05) is 6.92 Å². The van der Waals surface area contributed by atoms with Crippen LogP contribution in [0, 0.1) is 0 Å². The Hall–Kier alpha value is -3.26. The Morgan fingerprint density at radius 2 is 1.33 bits per heavy atom. The molecule has 2 aliphatic carbocycles. The number of rotatable bonds is 14. The molecule has 3 aliphatic rings. The second-order valence-corrected chi connectivity index (χ2v) is 10.2. The summed E-state index contributed by atoms with van der Waals surface area (Å²) in [4.78, 5) is 45.7. The summed E-state index contributed by atoms with van der Waals surface area (Å²) in [6, 6.07) is 2.30. The average Bonchev–Trinajstić information content (AvgIpc) is 3.59. The second-order valence-electron chi connectivity index (χ2n) is 10.2. The smallest absolute Gasteiger partial charge is 0.412 e. The van der Waals surface area contributed by atoms with Crippen molar-refractivity contribution in [1.82, 2.24) is 0 Å². The number of fused-ring (bicyclic) bond motifs is 2. The van der Waals surface area contributed by atoms with Gasteiger partial charge in [-0.1, -0.05) is 6.07 Å². The molecule has 1 saturated heterocycles. The van der Waals surface area contributed by atoms with Crippen LogP contribution in [0.3, 0.4) is 0 Å². The Bertz CT molecular complexity index is 1070. The van der Waals surface area contributed by atoms with Crippen LogP contribution in [0.5, 0.6) is 0 Å². The summed E-state index contributed by atoms with van der Waals surface area (Å²) in [5, 5.41) is 11.9. The van der Waals surface area contributed by atoms with E-state index in [4.69, 9.17) is 24.1 Å². The van der Waals surface area contributed by atoms with Crippen molar-refractivity contribution in [2.45, 2.75) is 91.5 Å². The first-order valence-electron chi connectivity index (χ1n) is 15.8. The van der Waals surface area contributed by atoms with Crippen molar-refractivity contribution < 1.29 is 57.4 Å². The maximum atomic E-state index is 12.5. The lowest BCUT2D eigenvalue weighted by atomic mass is 9.99. The van der Waals surface area contributed by atoms with Gasteiger partial charge in [0.25, 0.3) is 0 Å². The number of benzene rings is 1. The number of aliphatic hydroxyl groups excluding tert-OH is 1. The van der Waals surface area contributed by atoms with Crippen LogP contribution in [-0.2, 0) is 73.2 Å². The predicted octanol–water partition coefficient (Wildman–Crippen LogP) is 3.08. The fraction of sp³-hybridized carbons (Fsp3) is 0.688. The van der Waals surface area contributed by atoms with Crippen LogP contribution >= 0.6 is 0 Å². The number of epoxide rings is 1. The number of esters is 3. The summed E-state index contributed by atoms with van der Waals surface area (Å²) in [6.45, 7) is 11.2. The zero-order valence-corrected chi connectivity index (χ0v) is 27.1. The Morgan fingerprint density at radius 3 is 1.84 bits per heavy atom. The summed E-state index contributed by atoms with van der Waals surface area (Å²) in [5.74, 6) is -1.44. The van der Waals surface area contributed by atoms with Crippen LogP contribution in [0.15, 0.2) is 6.07 Å². The van der Waals surface area contributed by atoms with Crippen LogP contribution in [0.1, 0.15) is 69.7 Å². The van der Waals surface area contributed by atoms with E-state index >= 15 is 0 Å². The molecule has 4 rings (SSSR count). The summed E-state index contributed by atoms with van der Waals surface area (Å²) in [7, 11) is 0. The van der Waals surface area contributed by atoms with Crippen molar-refractivity contribution in [3.8, 4) is 0 Å². The second kappa shape index (κ2) is 20.7. The molecule has 1 heterocycles. The van der Waals surface area contributed by atoms with E-state index in [1.165, 1.54) is 22.3 Å². The predicted molar refractivity (Wildman–Crippen MR) is 163 cm³/mol. The molecule has 0 saturated carbocycles. The van der Waals surface area contributed by atoms with E-state index in [2.05, 4.69) is 25.6 Å². The van der Waals surface area contributed by atoms with Gasteiger partial charge >= 0.3 is 24.0 Å². The molecular formula is C32H49NO12. The summed E-state index contributed by atoms with van der Waals surface area (Å²) >= 11 is 0. The van der Waals surface area contributed by atoms with Gasteiger partial charge in [-0.05, 0) is 95.4 Å². The molecule has 0 radical (unpaired) electrons. The normalized spacial score (nSPS) is 16.7. The number of aliphatic hydroxyl groups is 1. The van der Waals surface area contributed by atoms with Crippen molar-refractivity contribution in [2.75, 3.05) is 58.2 Å². The van der Waals surface area contributed by atoms with Gasteiger partial charge in [-0.2, -0.15) is 0 Å². The molecule has 1 amide bonds. The largest absolute Gasteiger partial charge is 0.464 e. The minimum Gasteiger partial charge on any atom is -0.464 e. The average molecular weight is 640 g/mol. The number of carbonyl (C=O) groups excluding carboxylic acids is 4. The minimum absolute atomic E-state index is 0.00619. The van der Waals surface area contributed by atoms with Gasteiger partial charge < -0.3 is 38.3 Å². The number of hydrogen-bond acceptors (Lipinski definition) is 12. The maximum absolute atomic E-state index is 12.5. The van der Waals surface area contributed by atoms with Crippen molar-refractivity contribution in [1.29, 1.82) is 0 Å². The summed E-state index contributed by atoms with van der Waals surface area (Å²) in [5.41, 5.74) is 6.01. The molecule has 13 nitrogen and oxygen atoms in total. The van der Waals surface area contributed by atoms with Gasteiger partial charge in [0.15, 0.2) is 12.2 Å². The highest BCUT2D eigenvalue weighted by Gasteiger charge is 2.32. The first kappa shape index (κ1) is 37.9.